The lowest BCUT2D eigenvalue weighted by atomic mass is 10.1. The lowest BCUT2D eigenvalue weighted by molar-refractivity contribution is -0.384. The van der Waals surface area contributed by atoms with Gasteiger partial charge in [-0.2, -0.15) is 0 Å². The summed E-state index contributed by atoms with van der Waals surface area (Å²) in [5, 5.41) is 11.7. The van der Waals surface area contributed by atoms with Crippen LogP contribution in [-0.4, -0.2) is 61.6 Å². The van der Waals surface area contributed by atoms with E-state index in [1.54, 1.807) is 23.1 Å². The number of para-hydroxylation sites is 1. The number of amides is 1. The molecule has 1 amide bonds. The molecule has 1 fully saturated rings. The van der Waals surface area contributed by atoms with Crippen LogP contribution in [0.1, 0.15) is 10.4 Å². The number of fused-ring (bicyclic) bond motifs is 1. The van der Waals surface area contributed by atoms with Crippen LogP contribution in [0.5, 0.6) is 0 Å². The van der Waals surface area contributed by atoms with Gasteiger partial charge in [0.25, 0.3) is 11.6 Å². The maximum absolute atomic E-state index is 12.7. The molecule has 30 heavy (non-hydrogen) atoms. The Kier molecular flexibility index (Phi) is 5.16. The van der Waals surface area contributed by atoms with Crippen molar-refractivity contribution in [2.45, 2.75) is 4.90 Å². The van der Waals surface area contributed by atoms with Crippen molar-refractivity contribution in [3.05, 3.63) is 58.1 Å². The fourth-order valence-electron chi connectivity index (χ4n) is 3.38. The van der Waals surface area contributed by atoms with Crippen LogP contribution in [0.2, 0.25) is 0 Å². The van der Waals surface area contributed by atoms with Gasteiger partial charge in [-0.1, -0.05) is 23.5 Å². The fourth-order valence-corrected chi connectivity index (χ4v) is 5.32. The van der Waals surface area contributed by atoms with E-state index < -0.39 is 14.8 Å². The normalized spacial score (nSPS) is 14.8. The van der Waals surface area contributed by atoms with Crippen molar-refractivity contribution < 1.29 is 18.1 Å². The Labute approximate surface area is 176 Å². The number of piperazine rings is 1. The number of hydrogen-bond donors (Lipinski definition) is 0. The number of nitro groups is 1. The van der Waals surface area contributed by atoms with Crippen LogP contribution < -0.4 is 4.90 Å². The third-order valence-corrected chi connectivity index (χ3v) is 7.12. The molecule has 0 saturated carbocycles. The molecule has 0 aliphatic carbocycles. The molecule has 0 atom stereocenters. The van der Waals surface area contributed by atoms with Crippen LogP contribution in [-0.2, 0) is 9.84 Å². The predicted molar refractivity (Wildman–Crippen MR) is 114 cm³/mol. The summed E-state index contributed by atoms with van der Waals surface area (Å²) in [6.45, 7) is 1.95. The molecule has 156 valence electrons. The lowest BCUT2D eigenvalue weighted by Crippen LogP contribution is -2.48. The van der Waals surface area contributed by atoms with Crippen LogP contribution in [0, 0.1) is 10.1 Å². The van der Waals surface area contributed by atoms with Crippen molar-refractivity contribution >= 4 is 48.1 Å². The number of nitrogens with zero attached hydrogens (tertiary/aromatic N) is 4. The van der Waals surface area contributed by atoms with Gasteiger partial charge in [-0.05, 0) is 18.2 Å². The highest BCUT2D eigenvalue weighted by Gasteiger charge is 2.25. The molecule has 0 bridgehead atoms. The van der Waals surface area contributed by atoms with Gasteiger partial charge < -0.3 is 9.80 Å². The largest absolute Gasteiger partial charge is 0.345 e. The van der Waals surface area contributed by atoms with Gasteiger partial charge in [-0.3, -0.25) is 14.9 Å². The van der Waals surface area contributed by atoms with Crippen molar-refractivity contribution in [1.82, 2.24) is 9.88 Å². The Morgan fingerprint density at radius 1 is 1.13 bits per heavy atom. The van der Waals surface area contributed by atoms with Crippen molar-refractivity contribution in [3.63, 3.8) is 0 Å². The zero-order valence-corrected chi connectivity index (χ0v) is 17.6. The van der Waals surface area contributed by atoms with Gasteiger partial charge in [0.15, 0.2) is 15.0 Å². The molecule has 0 spiro atoms. The van der Waals surface area contributed by atoms with E-state index in [0.29, 0.717) is 36.8 Å². The highest BCUT2D eigenvalue weighted by molar-refractivity contribution is 7.91. The lowest BCUT2D eigenvalue weighted by Gasteiger charge is -2.34. The molecule has 1 aromatic heterocycles. The van der Waals surface area contributed by atoms with Crippen molar-refractivity contribution in [2.24, 2.45) is 0 Å². The standard InChI is InChI=1S/C19H18N4O5S2/c1-30(27,28)16-7-3-6-15-17(16)20-19(29-15)22-10-8-21(9-11-22)18(24)13-4-2-5-14(12-13)23(25)26/h2-7,12H,8-11H2,1H3. The smallest absolute Gasteiger partial charge is 0.270 e. The van der Waals surface area contributed by atoms with Gasteiger partial charge in [0.05, 0.1) is 14.5 Å². The summed E-state index contributed by atoms with van der Waals surface area (Å²) in [5.41, 5.74) is 0.640. The number of aromatic nitrogens is 1. The Morgan fingerprint density at radius 2 is 1.83 bits per heavy atom. The minimum atomic E-state index is -3.38. The first-order valence-electron chi connectivity index (χ1n) is 9.12. The van der Waals surface area contributed by atoms with E-state index in [9.17, 15) is 23.3 Å². The molecule has 2 heterocycles. The third-order valence-electron chi connectivity index (χ3n) is 4.91. The molecule has 0 radical (unpaired) electrons. The highest BCUT2D eigenvalue weighted by Crippen LogP contribution is 2.33. The van der Waals surface area contributed by atoms with Gasteiger partial charge in [0.1, 0.15) is 5.52 Å². The monoisotopic (exact) mass is 446 g/mol. The van der Waals surface area contributed by atoms with Crippen LogP contribution in [0.4, 0.5) is 10.8 Å². The zero-order chi connectivity index (χ0) is 21.5. The Bertz CT molecular complexity index is 1250. The Morgan fingerprint density at radius 3 is 2.50 bits per heavy atom. The summed E-state index contributed by atoms with van der Waals surface area (Å²) in [6, 6.07) is 10.8. The minimum Gasteiger partial charge on any atom is -0.345 e. The number of sulfone groups is 1. The van der Waals surface area contributed by atoms with Crippen LogP contribution in [0.15, 0.2) is 47.4 Å². The SMILES string of the molecule is CS(=O)(=O)c1cccc2sc(N3CCN(C(=O)c4cccc([N+](=O)[O-])c4)CC3)nc12. The second kappa shape index (κ2) is 7.65. The number of anilines is 1. The third kappa shape index (κ3) is 3.85. The summed E-state index contributed by atoms with van der Waals surface area (Å²) in [4.78, 5) is 31.6. The van der Waals surface area contributed by atoms with Gasteiger partial charge in [0, 0.05) is 50.1 Å². The summed E-state index contributed by atoms with van der Waals surface area (Å²) in [5.74, 6) is -0.248. The van der Waals surface area contributed by atoms with Crippen molar-refractivity contribution in [2.75, 3.05) is 37.3 Å². The number of non-ortho nitro benzene ring substituents is 1. The summed E-state index contributed by atoms with van der Waals surface area (Å²) in [7, 11) is -3.38. The molecule has 0 N–H and O–H groups in total. The highest BCUT2D eigenvalue weighted by atomic mass is 32.2. The average molecular weight is 447 g/mol. The summed E-state index contributed by atoms with van der Waals surface area (Å²) >= 11 is 1.42. The Balaban J connectivity index is 1.50. The molecule has 1 saturated heterocycles. The average Bonchev–Trinajstić information content (AvgIpc) is 3.17. The van der Waals surface area contributed by atoms with Crippen molar-refractivity contribution in [3.8, 4) is 0 Å². The minimum absolute atomic E-state index is 0.115. The van der Waals surface area contributed by atoms with E-state index in [4.69, 9.17) is 0 Å². The van der Waals surface area contributed by atoms with E-state index in [1.165, 1.54) is 35.8 Å². The first-order chi connectivity index (χ1) is 14.2. The molecule has 11 heteroatoms. The maximum Gasteiger partial charge on any atom is 0.270 e. The number of carbonyl (C=O) groups excluding carboxylic acids is 1. The number of carbonyl (C=O) groups is 1. The first-order valence-corrected chi connectivity index (χ1v) is 11.8. The topological polar surface area (TPSA) is 114 Å². The van der Waals surface area contributed by atoms with Gasteiger partial charge in [-0.25, -0.2) is 13.4 Å². The Hall–Kier alpha value is -3.05. The van der Waals surface area contributed by atoms with E-state index >= 15 is 0 Å². The van der Waals surface area contributed by atoms with E-state index in [1.807, 2.05) is 11.0 Å². The predicted octanol–water partition coefficient (Wildman–Crippen LogP) is 2.57. The van der Waals surface area contributed by atoms with Gasteiger partial charge in [-0.15, -0.1) is 0 Å². The van der Waals surface area contributed by atoms with E-state index in [-0.39, 0.29) is 22.1 Å². The van der Waals surface area contributed by atoms with E-state index in [2.05, 4.69) is 4.98 Å². The molecule has 4 rings (SSSR count). The molecule has 1 aliphatic heterocycles. The second-order valence-corrected chi connectivity index (χ2v) is 9.95. The molecule has 2 aromatic carbocycles. The molecule has 3 aromatic rings. The maximum atomic E-state index is 12.7. The quantitative estimate of drug-likeness (QED) is 0.447. The zero-order valence-electron chi connectivity index (χ0n) is 16.0. The summed E-state index contributed by atoms with van der Waals surface area (Å²) < 4.78 is 24.8. The van der Waals surface area contributed by atoms with Crippen molar-refractivity contribution in [1.29, 1.82) is 0 Å². The van der Waals surface area contributed by atoms with Gasteiger partial charge in [0.2, 0.25) is 0 Å². The molecular weight excluding hydrogens is 428 g/mol. The van der Waals surface area contributed by atoms with E-state index in [0.717, 1.165) is 4.70 Å². The number of hydrogen-bond acceptors (Lipinski definition) is 8. The molecule has 0 unspecified atom stereocenters. The summed E-state index contributed by atoms with van der Waals surface area (Å²) in [6.07, 6.45) is 1.17. The van der Waals surface area contributed by atoms with Crippen LogP contribution in [0.25, 0.3) is 10.2 Å². The number of benzene rings is 2. The fraction of sp³-hybridized carbons (Fsp3) is 0.263. The molecule has 9 nitrogen and oxygen atoms in total. The molecular formula is C19H18N4O5S2. The number of thiazole rings is 1. The van der Waals surface area contributed by atoms with Crippen LogP contribution >= 0.6 is 11.3 Å². The second-order valence-electron chi connectivity index (χ2n) is 6.96. The van der Waals surface area contributed by atoms with Crippen LogP contribution in [0.3, 0.4) is 0 Å². The van der Waals surface area contributed by atoms with Gasteiger partial charge >= 0.3 is 0 Å². The first kappa shape index (κ1) is 20.2. The number of nitro benzene ring substituents is 1. The molecule has 1 aliphatic rings. The number of rotatable bonds is 4.